The Hall–Kier alpha value is -3.41. The Kier molecular flexibility index (Phi) is 9.10. The van der Waals surface area contributed by atoms with Crippen LogP contribution in [-0.2, 0) is 38.8 Å². The van der Waals surface area contributed by atoms with Gasteiger partial charge in [0.05, 0.1) is 39.1 Å². The minimum Gasteiger partial charge on any atom is -0.466 e. The van der Waals surface area contributed by atoms with Crippen LogP contribution in [0.5, 0.6) is 0 Å². The average Bonchev–Trinajstić information content (AvgIpc) is 2.91. The fourth-order valence-electron chi connectivity index (χ4n) is 4.43. The number of hydrogen-bond donors (Lipinski definition) is 0. The van der Waals surface area contributed by atoms with E-state index >= 15 is 0 Å². The number of likely N-dealkylation sites (tertiary alicyclic amines) is 1. The Morgan fingerprint density at radius 3 is 2.03 bits per heavy atom. The summed E-state index contributed by atoms with van der Waals surface area (Å²) in [6, 6.07) is 30.6. The van der Waals surface area contributed by atoms with Crippen molar-refractivity contribution in [3.63, 3.8) is 0 Å². The second-order valence-electron chi connectivity index (χ2n) is 8.71. The molecule has 182 valence electrons. The van der Waals surface area contributed by atoms with Crippen molar-refractivity contribution in [1.82, 2.24) is 4.90 Å². The predicted molar refractivity (Wildman–Crippen MR) is 136 cm³/mol. The van der Waals surface area contributed by atoms with E-state index in [-0.39, 0.29) is 18.1 Å². The van der Waals surface area contributed by atoms with Crippen LogP contribution in [-0.4, -0.2) is 36.7 Å². The maximum absolute atomic E-state index is 12.2. The molecule has 35 heavy (non-hydrogen) atoms. The number of carbonyl (C=O) groups excluding carboxylic acids is 1. The van der Waals surface area contributed by atoms with E-state index in [1.807, 2.05) is 54.6 Å². The lowest BCUT2D eigenvalue weighted by Gasteiger charge is -2.44. The van der Waals surface area contributed by atoms with Crippen LogP contribution in [0.2, 0.25) is 0 Å². The van der Waals surface area contributed by atoms with Gasteiger partial charge in [0, 0.05) is 18.3 Å². The maximum Gasteiger partial charge on any atom is 0.332 e. The lowest BCUT2D eigenvalue weighted by atomic mass is 9.95. The van der Waals surface area contributed by atoms with Gasteiger partial charge in [-0.1, -0.05) is 91.0 Å². The molecule has 2 atom stereocenters. The second-order valence-corrected chi connectivity index (χ2v) is 8.71. The van der Waals surface area contributed by atoms with E-state index in [4.69, 9.17) is 14.2 Å². The van der Waals surface area contributed by atoms with E-state index in [1.54, 1.807) is 6.08 Å². The molecule has 0 bridgehead atoms. The molecule has 5 heteroatoms. The Morgan fingerprint density at radius 1 is 0.857 bits per heavy atom. The summed E-state index contributed by atoms with van der Waals surface area (Å²) >= 11 is 0. The number of benzene rings is 3. The molecule has 0 amide bonds. The number of piperidine rings is 1. The molecule has 1 heterocycles. The van der Waals surface area contributed by atoms with Gasteiger partial charge >= 0.3 is 5.97 Å². The molecule has 1 aliphatic rings. The van der Waals surface area contributed by atoms with Crippen LogP contribution in [0.15, 0.2) is 103 Å². The maximum atomic E-state index is 12.2. The summed E-state index contributed by atoms with van der Waals surface area (Å²) in [6.45, 7) is 2.21. The van der Waals surface area contributed by atoms with E-state index in [0.717, 1.165) is 29.7 Å². The molecule has 3 aromatic rings. The number of rotatable bonds is 10. The number of hydrogen-bond acceptors (Lipinski definition) is 5. The number of ether oxygens (including phenoxy) is 3. The van der Waals surface area contributed by atoms with E-state index in [2.05, 4.69) is 41.3 Å². The first-order valence-corrected chi connectivity index (χ1v) is 12.1. The van der Waals surface area contributed by atoms with Gasteiger partial charge in [0.2, 0.25) is 0 Å². The molecule has 0 spiro atoms. The summed E-state index contributed by atoms with van der Waals surface area (Å²) in [5.74, 6) is -0.342. The molecule has 0 aromatic heterocycles. The Morgan fingerprint density at radius 2 is 1.43 bits per heavy atom. The van der Waals surface area contributed by atoms with Crippen molar-refractivity contribution in [3.05, 3.63) is 119 Å². The van der Waals surface area contributed by atoms with Crippen molar-refractivity contribution >= 4 is 5.97 Å². The topological polar surface area (TPSA) is 48.0 Å². The molecule has 0 aliphatic carbocycles. The highest BCUT2D eigenvalue weighted by Crippen LogP contribution is 2.31. The van der Waals surface area contributed by atoms with Gasteiger partial charge in [-0.3, -0.25) is 0 Å². The van der Waals surface area contributed by atoms with Crippen LogP contribution >= 0.6 is 0 Å². The number of carbonyl (C=O) groups is 1. The zero-order valence-corrected chi connectivity index (χ0v) is 20.2. The van der Waals surface area contributed by atoms with Gasteiger partial charge in [-0.2, -0.15) is 0 Å². The van der Waals surface area contributed by atoms with Crippen molar-refractivity contribution in [3.8, 4) is 0 Å². The standard InChI is InChI=1S/C30H33NO4/c1-33-30(32)19-27-17-18-29(35-22-26-15-9-4-10-16-26)28(23-34-21-25-13-7-3-8-14-25)31(27)20-24-11-5-2-6-12-24/h2-16,19,28-29H,17-18,20-23H2,1H3/b27-19+/t28-,29+/m0/s1. The van der Waals surface area contributed by atoms with E-state index in [1.165, 1.54) is 12.7 Å². The molecule has 3 aromatic carbocycles. The monoisotopic (exact) mass is 471 g/mol. The Bertz CT molecular complexity index is 1070. The quantitative estimate of drug-likeness (QED) is 0.288. The summed E-state index contributed by atoms with van der Waals surface area (Å²) in [5.41, 5.74) is 4.39. The Balaban J connectivity index is 1.56. The molecule has 1 aliphatic heterocycles. The van der Waals surface area contributed by atoms with Crippen molar-refractivity contribution in [2.45, 2.75) is 44.7 Å². The lowest BCUT2D eigenvalue weighted by molar-refractivity contribution is -0.135. The molecule has 0 unspecified atom stereocenters. The zero-order valence-electron chi connectivity index (χ0n) is 20.2. The molecule has 0 saturated carbocycles. The van der Waals surface area contributed by atoms with Crippen LogP contribution in [0.1, 0.15) is 29.5 Å². The van der Waals surface area contributed by atoms with Gasteiger partial charge in [-0.15, -0.1) is 0 Å². The summed E-state index contributed by atoms with van der Waals surface area (Å²) < 4.78 is 17.6. The number of allylic oxidation sites excluding steroid dienone is 1. The first-order chi connectivity index (χ1) is 17.2. The van der Waals surface area contributed by atoms with Crippen LogP contribution in [0, 0.1) is 0 Å². The summed E-state index contributed by atoms with van der Waals surface area (Å²) in [6.07, 6.45) is 3.11. The minimum absolute atomic E-state index is 0.0375. The molecule has 1 saturated heterocycles. The fourth-order valence-corrected chi connectivity index (χ4v) is 4.43. The van der Waals surface area contributed by atoms with Gasteiger partial charge in [0.15, 0.2) is 0 Å². The molecular weight excluding hydrogens is 438 g/mol. The molecule has 0 N–H and O–H groups in total. The van der Waals surface area contributed by atoms with Gasteiger partial charge in [0.1, 0.15) is 0 Å². The predicted octanol–water partition coefficient (Wildman–Crippen LogP) is 5.51. The van der Waals surface area contributed by atoms with Crippen molar-refractivity contribution < 1.29 is 19.0 Å². The lowest BCUT2D eigenvalue weighted by Crippen LogP contribution is -2.50. The van der Waals surface area contributed by atoms with Crippen LogP contribution in [0.3, 0.4) is 0 Å². The summed E-state index contributed by atoms with van der Waals surface area (Å²) in [7, 11) is 1.41. The van der Waals surface area contributed by atoms with Gasteiger partial charge < -0.3 is 19.1 Å². The van der Waals surface area contributed by atoms with E-state index in [9.17, 15) is 4.79 Å². The minimum atomic E-state index is -0.342. The second kappa shape index (κ2) is 12.9. The highest BCUT2D eigenvalue weighted by atomic mass is 16.5. The number of nitrogens with zero attached hydrogens (tertiary/aromatic N) is 1. The molecular formula is C30H33NO4. The SMILES string of the molecule is COC(=O)/C=C1\CC[C@@H](OCc2ccccc2)[C@H](COCc2ccccc2)N1Cc1ccccc1. The summed E-state index contributed by atoms with van der Waals surface area (Å²) in [4.78, 5) is 14.4. The third-order valence-corrected chi connectivity index (χ3v) is 6.27. The van der Waals surface area contributed by atoms with Gasteiger partial charge in [-0.05, 0) is 29.5 Å². The van der Waals surface area contributed by atoms with Crippen LogP contribution in [0.25, 0.3) is 0 Å². The molecule has 5 nitrogen and oxygen atoms in total. The third kappa shape index (κ3) is 7.28. The van der Waals surface area contributed by atoms with E-state index in [0.29, 0.717) is 26.4 Å². The van der Waals surface area contributed by atoms with Crippen molar-refractivity contribution in [1.29, 1.82) is 0 Å². The molecule has 4 rings (SSSR count). The first kappa shape index (κ1) is 24.7. The number of methoxy groups -OCH3 is 1. The van der Waals surface area contributed by atoms with Gasteiger partial charge in [-0.25, -0.2) is 4.79 Å². The zero-order chi connectivity index (χ0) is 24.3. The fraction of sp³-hybridized carbons (Fsp3) is 0.300. The highest BCUT2D eigenvalue weighted by Gasteiger charge is 2.35. The van der Waals surface area contributed by atoms with Crippen molar-refractivity contribution in [2.24, 2.45) is 0 Å². The average molecular weight is 472 g/mol. The third-order valence-electron chi connectivity index (χ3n) is 6.27. The Labute approximate surface area is 207 Å². The summed E-state index contributed by atoms with van der Waals surface area (Å²) in [5, 5.41) is 0. The highest BCUT2D eigenvalue weighted by molar-refractivity contribution is 5.82. The largest absolute Gasteiger partial charge is 0.466 e. The molecule has 0 radical (unpaired) electrons. The van der Waals surface area contributed by atoms with E-state index < -0.39 is 0 Å². The van der Waals surface area contributed by atoms with Gasteiger partial charge in [0.25, 0.3) is 0 Å². The van der Waals surface area contributed by atoms with Crippen molar-refractivity contribution in [2.75, 3.05) is 13.7 Å². The number of esters is 1. The van der Waals surface area contributed by atoms with Crippen LogP contribution < -0.4 is 0 Å². The molecule has 1 fully saturated rings. The smallest absolute Gasteiger partial charge is 0.332 e. The normalized spacial score (nSPS) is 19.0. The van der Waals surface area contributed by atoms with Crippen LogP contribution in [0.4, 0.5) is 0 Å². The first-order valence-electron chi connectivity index (χ1n) is 12.1.